The summed E-state index contributed by atoms with van der Waals surface area (Å²) < 4.78 is 6.91. The van der Waals surface area contributed by atoms with Gasteiger partial charge < -0.3 is 15.5 Å². The number of nitrogens with one attached hydrogen (secondary N) is 1. The van der Waals surface area contributed by atoms with Crippen LogP contribution in [0.4, 0.5) is 17.4 Å². The molecule has 0 saturated heterocycles. The monoisotopic (exact) mass is 281 g/mol. The van der Waals surface area contributed by atoms with Gasteiger partial charge in [-0.15, -0.1) is 11.3 Å². The van der Waals surface area contributed by atoms with Crippen molar-refractivity contribution in [3.05, 3.63) is 47.8 Å². The van der Waals surface area contributed by atoms with Crippen molar-refractivity contribution in [2.24, 2.45) is 0 Å². The highest BCUT2D eigenvalue weighted by Gasteiger charge is 2.08. The van der Waals surface area contributed by atoms with Crippen molar-refractivity contribution in [2.75, 3.05) is 11.1 Å². The van der Waals surface area contributed by atoms with E-state index in [4.69, 9.17) is 10.2 Å². The lowest BCUT2D eigenvalue weighted by Gasteiger charge is -2.01. The van der Waals surface area contributed by atoms with Gasteiger partial charge >= 0.3 is 0 Å². The van der Waals surface area contributed by atoms with Crippen molar-refractivity contribution < 1.29 is 4.42 Å². The van der Waals surface area contributed by atoms with E-state index in [0.29, 0.717) is 22.8 Å². The molecular weight excluding hydrogens is 270 g/mol. The third-order valence-electron chi connectivity index (χ3n) is 3.15. The first-order valence-corrected chi connectivity index (χ1v) is 7.07. The largest absolute Gasteiger partial charge is 0.423 e. The van der Waals surface area contributed by atoms with Crippen LogP contribution < -0.4 is 11.1 Å². The Labute approximate surface area is 118 Å². The Balaban J connectivity index is 1.74. The molecule has 4 rings (SSSR count). The normalized spacial score (nSPS) is 11.2. The maximum atomic E-state index is 5.87. The summed E-state index contributed by atoms with van der Waals surface area (Å²) in [6.45, 7) is 0. The van der Waals surface area contributed by atoms with Crippen molar-refractivity contribution in [1.29, 1.82) is 0 Å². The van der Waals surface area contributed by atoms with E-state index < -0.39 is 0 Å². The van der Waals surface area contributed by atoms with Crippen molar-refractivity contribution in [3.63, 3.8) is 0 Å². The zero-order valence-corrected chi connectivity index (χ0v) is 11.3. The molecule has 98 valence electrons. The Hall–Kier alpha value is -2.53. The van der Waals surface area contributed by atoms with E-state index in [1.54, 1.807) is 11.3 Å². The highest BCUT2D eigenvalue weighted by atomic mass is 32.1. The van der Waals surface area contributed by atoms with E-state index in [2.05, 4.69) is 33.9 Å². The van der Waals surface area contributed by atoms with Crippen molar-refractivity contribution >= 4 is 49.9 Å². The van der Waals surface area contributed by atoms with Crippen LogP contribution in [0.1, 0.15) is 0 Å². The molecule has 0 atom stereocenters. The van der Waals surface area contributed by atoms with Gasteiger partial charge in [-0.05, 0) is 47.2 Å². The fourth-order valence-electron chi connectivity index (χ4n) is 2.19. The highest BCUT2D eigenvalue weighted by Crippen LogP contribution is 2.28. The number of aromatic nitrogens is 1. The average molecular weight is 281 g/mol. The number of thiophene rings is 1. The van der Waals surface area contributed by atoms with E-state index in [9.17, 15) is 0 Å². The number of fused-ring (bicyclic) bond motifs is 2. The van der Waals surface area contributed by atoms with Gasteiger partial charge in [0.05, 0.1) is 5.69 Å². The molecule has 4 nitrogen and oxygen atoms in total. The Morgan fingerprint density at radius 2 is 2.10 bits per heavy atom. The number of hydrogen-bond acceptors (Lipinski definition) is 5. The number of nitrogens with two attached hydrogens (primary N) is 1. The number of nitrogen functional groups attached to an aromatic ring is 1. The Bertz CT molecular complexity index is 910. The van der Waals surface area contributed by atoms with Gasteiger partial charge in [0.2, 0.25) is 0 Å². The quantitative estimate of drug-likeness (QED) is 0.535. The Morgan fingerprint density at radius 1 is 1.15 bits per heavy atom. The number of hydrogen-bond donors (Lipinski definition) is 2. The van der Waals surface area contributed by atoms with Crippen LogP contribution >= 0.6 is 11.3 Å². The van der Waals surface area contributed by atoms with Gasteiger partial charge in [0.15, 0.2) is 5.58 Å². The van der Waals surface area contributed by atoms with Crippen LogP contribution in [-0.4, -0.2) is 4.98 Å². The van der Waals surface area contributed by atoms with E-state index >= 15 is 0 Å². The molecule has 0 spiro atoms. The standard InChI is InChI=1S/C15H11N3OS/c16-11-2-1-3-12-14(11)18-15(19-12)17-10-4-5-13-9(8-10)6-7-20-13/h1-8H,16H2,(H,17,18). The smallest absolute Gasteiger partial charge is 0.300 e. The summed E-state index contributed by atoms with van der Waals surface area (Å²) in [5, 5.41) is 6.46. The second-order valence-corrected chi connectivity index (χ2v) is 5.46. The minimum atomic E-state index is 0.451. The summed E-state index contributed by atoms with van der Waals surface area (Å²) in [7, 11) is 0. The van der Waals surface area contributed by atoms with Crippen molar-refractivity contribution in [1.82, 2.24) is 4.98 Å². The first kappa shape index (κ1) is 11.3. The fraction of sp³-hybridized carbons (Fsp3) is 0. The molecule has 0 amide bonds. The van der Waals surface area contributed by atoms with E-state index in [1.807, 2.05) is 24.3 Å². The summed E-state index contributed by atoms with van der Waals surface area (Å²) >= 11 is 1.72. The van der Waals surface area contributed by atoms with Crippen LogP contribution in [0.2, 0.25) is 0 Å². The molecule has 0 aliphatic heterocycles. The van der Waals surface area contributed by atoms with Crippen molar-refractivity contribution in [2.45, 2.75) is 0 Å². The number of rotatable bonds is 2. The Morgan fingerprint density at radius 3 is 3.00 bits per heavy atom. The summed E-state index contributed by atoms with van der Waals surface area (Å²) in [6, 6.07) is 14.2. The second-order valence-electron chi connectivity index (χ2n) is 4.51. The van der Waals surface area contributed by atoms with E-state index in [-0.39, 0.29) is 0 Å². The topological polar surface area (TPSA) is 64.1 Å². The lowest BCUT2D eigenvalue weighted by molar-refractivity contribution is 0.623. The van der Waals surface area contributed by atoms with Gasteiger partial charge in [-0.3, -0.25) is 0 Å². The molecule has 0 fully saturated rings. The maximum Gasteiger partial charge on any atom is 0.300 e. The van der Waals surface area contributed by atoms with Crippen LogP contribution in [0.3, 0.4) is 0 Å². The fourth-order valence-corrected chi connectivity index (χ4v) is 2.96. The number of anilines is 3. The highest BCUT2D eigenvalue weighted by molar-refractivity contribution is 7.17. The molecule has 0 aliphatic rings. The lowest BCUT2D eigenvalue weighted by atomic mass is 10.2. The maximum absolute atomic E-state index is 5.87. The van der Waals surface area contributed by atoms with Gasteiger partial charge in [0.25, 0.3) is 6.01 Å². The molecule has 4 aromatic rings. The predicted octanol–water partition coefficient (Wildman–Crippen LogP) is 4.37. The minimum absolute atomic E-state index is 0.451. The molecule has 0 unspecified atom stereocenters. The van der Waals surface area contributed by atoms with Gasteiger partial charge in [-0.1, -0.05) is 6.07 Å². The summed E-state index contributed by atoms with van der Waals surface area (Å²) in [5.41, 5.74) is 8.81. The van der Waals surface area contributed by atoms with Crippen LogP contribution in [0.5, 0.6) is 0 Å². The molecule has 20 heavy (non-hydrogen) atoms. The molecule has 2 aromatic carbocycles. The third-order valence-corrected chi connectivity index (χ3v) is 4.05. The van der Waals surface area contributed by atoms with Crippen LogP contribution in [-0.2, 0) is 0 Å². The molecule has 0 radical (unpaired) electrons. The Kier molecular flexibility index (Phi) is 2.40. The molecule has 5 heteroatoms. The average Bonchev–Trinajstić information content (AvgIpc) is 3.05. The van der Waals surface area contributed by atoms with Gasteiger partial charge in [0, 0.05) is 10.4 Å². The molecule has 0 aliphatic carbocycles. The van der Waals surface area contributed by atoms with Crippen LogP contribution in [0.15, 0.2) is 52.3 Å². The van der Waals surface area contributed by atoms with Gasteiger partial charge in [-0.2, -0.15) is 4.98 Å². The van der Waals surface area contributed by atoms with Gasteiger partial charge in [-0.25, -0.2) is 0 Å². The van der Waals surface area contributed by atoms with Crippen molar-refractivity contribution in [3.8, 4) is 0 Å². The van der Waals surface area contributed by atoms with Gasteiger partial charge in [0.1, 0.15) is 5.52 Å². The van der Waals surface area contributed by atoms with Crippen LogP contribution in [0, 0.1) is 0 Å². The van der Waals surface area contributed by atoms with Crippen LogP contribution in [0.25, 0.3) is 21.2 Å². The lowest BCUT2D eigenvalue weighted by Crippen LogP contribution is -1.90. The minimum Gasteiger partial charge on any atom is -0.423 e. The summed E-state index contributed by atoms with van der Waals surface area (Å²) in [5.74, 6) is 0. The first-order chi connectivity index (χ1) is 9.79. The summed E-state index contributed by atoms with van der Waals surface area (Å²) in [4.78, 5) is 4.38. The number of oxazole rings is 1. The SMILES string of the molecule is Nc1cccc2oc(Nc3ccc4sccc4c3)nc12. The second kappa shape index (κ2) is 4.25. The number of para-hydroxylation sites is 1. The summed E-state index contributed by atoms with van der Waals surface area (Å²) in [6.07, 6.45) is 0. The molecule has 3 N–H and O–H groups in total. The number of benzene rings is 2. The number of nitrogens with zero attached hydrogens (tertiary/aromatic N) is 1. The molecule has 2 heterocycles. The zero-order chi connectivity index (χ0) is 13.5. The predicted molar refractivity (Wildman–Crippen MR) is 83.5 cm³/mol. The van der Waals surface area contributed by atoms with E-state index in [0.717, 1.165) is 5.69 Å². The molecule has 2 aromatic heterocycles. The van der Waals surface area contributed by atoms with E-state index in [1.165, 1.54) is 10.1 Å². The molecule has 0 saturated carbocycles. The third kappa shape index (κ3) is 1.80. The first-order valence-electron chi connectivity index (χ1n) is 6.19. The molecule has 0 bridgehead atoms. The molecular formula is C15H11N3OS. The zero-order valence-electron chi connectivity index (χ0n) is 10.5.